The normalized spacial score (nSPS) is 12.5. The van der Waals surface area contributed by atoms with Crippen LogP contribution in [0, 0.1) is 6.92 Å². The first-order chi connectivity index (χ1) is 12.6. The van der Waals surface area contributed by atoms with Crippen LogP contribution in [-0.4, -0.2) is 31.2 Å². The van der Waals surface area contributed by atoms with E-state index in [0.717, 1.165) is 12.8 Å². The molecule has 0 aliphatic carbocycles. The standard InChI is InChI=1S/C23H46NO2/c1-5-7-8-9-10-11-12-13-14-15-16-17-18-19-20-21-23(25)26-22(6-2)24(3)4/h22H,2,5-21H2,1,3-4H3. The van der Waals surface area contributed by atoms with Gasteiger partial charge in [0.15, 0.2) is 6.23 Å². The summed E-state index contributed by atoms with van der Waals surface area (Å²) in [6, 6.07) is 0. The molecule has 1 atom stereocenters. The molecule has 0 aromatic rings. The summed E-state index contributed by atoms with van der Waals surface area (Å²) in [5, 5.41) is 0. The summed E-state index contributed by atoms with van der Waals surface area (Å²) in [6.07, 6.45) is 21.1. The summed E-state index contributed by atoms with van der Waals surface area (Å²) in [5.74, 6) is -0.0814. The van der Waals surface area contributed by atoms with Crippen LogP contribution >= 0.6 is 0 Å². The molecule has 0 aliphatic heterocycles. The first-order valence-corrected chi connectivity index (χ1v) is 11.3. The van der Waals surface area contributed by atoms with Crippen LogP contribution in [-0.2, 0) is 9.53 Å². The number of unbranched alkanes of at least 4 members (excludes halogenated alkanes) is 14. The molecular weight excluding hydrogens is 322 g/mol. The lowest BCUT2D eigenvalue weighted by Gasteiger charge is -2.22. The van der Waals surface area contributed by atoms with E-state index in [9.17, 15) is 4.79 Å². The van der Waals surface area contributed by atoms with Crippen molar-refractivity contribution >= 4 is 5.97 Å². The Morgan fingerprint density at radius 2 is 1.15 bits per heavy atom. The third-order valence-corrected chi connectivity index (χ3v) is 5.07. The molecule has 0 N–H and O–H groups in total. The third kappa shape index (κ3) is 16.9. The van der Waals surface area contributed by atoms with Crippen LogP contribution in [0.25, 0.3) is 0 Å². The molecule has 0 heterocycles. The number of hydrogen-bond donors (Lipinski definition) is 0. The first-order valence-electron chi connectivity index (χ1n) is 11.3. The monoisotopic (exact) mass is 368 g/mol. The van der Waals surface area contributed by atoms with Crippen molar-refractivity contribution in [2.45, 2.75) is 122 Å². The third-order valence-electron chi connectivity index (χ3n) is 5.07. The average molecular weight is 369 g/mol. The van der Waals surface area contributed by atoms with Crippen LogP contribution < -0.4 is 0 Å². The van der Waals surface area contributed by atoms with Gasteiger partial charge < -0.3 is 4.74 Å². The molecule has 0 amide bonds. The Kier molecular flexibility index (Phi) is 18.8. The maximum absolute atomic E-state index is 11.8. The number of carbonyl (C=O) groups is 1. The van der Waals surface area contributed by atoms with Gasteiger partial charge in [-0.05, 0) is 33.9 Å². The largest absolute Gasteiger partial charge is 0.446 e. The van der Waals surface area contributed by atoms with Gasteiger partial charge in [-0.3, -0.25) is 9.69 Å². The molecule has 3 heteroatoms. The molecule has 1 radical (unpaired) electrons. The zero-order chi connectivity index (χ0) is 19.5. The van der Waals surface area contributed by atoms with Crippen molar-refractivity contribution in [2.24, 2.45) is 0 Å². The highest BCUT2D eigenvalue weighted by Gasteiger charge is 2.13. The smallest absolute Gasteiger partial charge is 0.307 e. The van der Waals surface area contributed by atoms with Gasteiger partial charge in [0.2, 0.25) is 0 Å². The van der Waals surface area contributed by atoms with E-state index in [-0.39, 0.29) is 12.2 Å². The highest BCUT2D eigenvalue weighted by atomic mass is 16.6. The zero-order valence-electron chi connectivity index (χ0n) is 18.1. The SMILES string of the molecule is [CH2]CC(OC(=O)CCCCCCCCCCCCCCCCC)N(C)C. The summed E-state index contributed by atoms with van der Waals surface area (Å²) < 4.78 is 5.40. The highest BCUT2D eigenvalue weighted by Crippen LogP contribution is 2.14. The predicted octanol–water partition coefficient (Wildman–Crippen LogP) is 6.90. The second-order valence-corrected chi connectivity index (χ2v) is 7.90. The van der Waals surface area contributed by atoms with Crippen molar-refractivity contribution in [3.05, 3.63) is 6.92 Å². The molecule has 0 aromatic heterocycles. The Morgan fingerprint density at radius 1 is 0.769 bits per heavy atom. The van der Waals surface area contributed by atoms with Crippen LogP contribution in [0.15, 0.2) is 0 Å². The van der Waals surface area contributed by atoms with Gasteiger partial charge in [0, 0.05) is 6.42 Å². The van der Waals surface area contributed by atoms with Gasteiger partial charge >= 0.3 is 5.97 Å². The Bertz CT molecular complexity index is 305. The fourth-order valence-corrected chi connectivity index (χ4v) is 3.27. The molecule has 0 bridgehead atoms. The van der Waals surface area contributed by atoms with Gasteiger partial charge in [-0.15, -0.1) is 0 Å². The molecular formula is C23H46NO2. The number of rotatable bonds is 19. The number of esters is 1. The van der Waals surface area contributed by atoms with Gasteiger partial charge in [-0.2, -0.15) is 0 Å². The Hall–Kier alpha value is -0.570. The minimum atomic E-state index is -0.182. The lowest BCUT2D eigenvalue weighted by atomic mass is 10.0. The number of hydrogen-bond acceptors (Lipinski definition) is 3. The minimum Gasteiger partial charge on any atom is -0.446 e. The van der Waals surface area contributed by atoms with Crippen LogP contribution in [0.1, 0.15) is 116 Å². The second kappa shape index (κ2) is 19.2. The molecule has 0 aromatic carbocycles. The fourth-order valence-electron chi connectivity index (χ4n) is 3.27. The Morgan fingerprint density at radius 3 is 1.50 bits per heavy atom. The zero-order valence-corrected chi connectivity index (χ0v) is 18.1. The molecule has 0 fully saturated rings. The molecule has 155 valence electrons. The Balaban J connectivity index is 3.25. The predicted molar refractivity (Wildman–Crippen MR) is 113 cm³/mol. The van der Waals surface area contributed by atoms with E-state index < -0.39 is 0 Å². The van der Waals surface area contributed by atoms with Gasteiger partial charge in [0.05, 0.1) is 0 Å². The van der Waals surface area contributed by atoms with E-state index in [1.807, 2.05) is 19.0 Å². The van der Waals surface area contributed by atoms with Crippen LogP contribution in [0.2, 0.25) is 0 Å². The molecule has 3 nitrogen and oxygen atoms in total. The molecule has 0 rings (SSSR count). The summed E-state index contributed by atoms with van der Waals surface area (Å²) in [7, 11) is 3.83. The van der Waals surface area contributed by atoms with E-state index >= 15 is 0 Å². The molecule has 1 unspecified atom stereocenters. The topological polar surface area (TPSA) is 29.5 Å². The van der Waals surface area contributed by atoms with Crippen LogP contribution in [0.4, 0.5) is 0 Å². The van der Waals surface area contributed by atoms with Gasteiger partial charge in [-0.1, -0.05) is 96.8 Å². The molecule has 0 aliphatic rings. The van der Waals surface area contributed by atoms with E-state index in [4.69, 9.17) is 4.74 Å². The summed E-state index contributed by atoms with van der Waals surface area (Å²) in [5.41, 5.74) is 0. The van der Waals surface area contributed by atoms with Crippen molar-refractivity contribution in [3.8, 4) is 0 Å². The lowest BCUT2D eigenvalue weighted by Crippen LogP contribution is -2.32. The van der Waals surface area contributed by atoms with Crippen LogP contribution in [0.3, 0.4) is 0 Å². The second-order valence-electron chi connectivity index (χ2n) is 7.90. The minimum absolute atomic E-state index is 0.0814. The van der Waals surface area contributed by atoms with Crippen molar-refractivity contribution in [1.82, 2.24) is 4.90 Å². The summed E-state index contributed by atoms with van der Waals surface area (Å²) in [6.45, 7) is 6.10. The number of carbonyl (C=O) groups excluding carboxylic acids is 1. The van der Waals surface area contributed by atoms with Crippen molar-refractivity contribution in [1.29, 1.82) is 0 Å². The summed E-state index contributed by atoms with van der Waals surface area (Å²) in [4.78, 5) is 13.7. The quantitative estimate of drug-likeness (QED) is 0.141. The lowest BCUT2D eigenvalue weighted by molar-refractivity contribution is -0.156. The molecule has 0 saturated carbocycles. The van der Waals surface area contributed by atoms with Crippen molar-refractivity contribution < 1.29 is 9.53 Å². The average Bonchev–Trinajstić information content (AvgIpc) is 2.62. The highest BCUT2D eigenvalue weighted by molar-refractivity contribution is 5.69. The number of ether oxygens (including phenoxy) is 1. The van der Waals surface area contributed by atoms with Crippen molar-refractivity contribution in [3.63, 3.8) is 0 Å². The summed E-state index contributed by atoms with van der Waals surface area (Å²) >= 11 is 0. The maximum Gasteiger partial charge on any atom is 0.307 e. The number of nitrogens with zero attached hydrogens (tertiary/aromatic N) is 1. The van der Waals surface area contributed by atoms with Gasteiger partial charge in [0.25, 0.3) is 0 Å². The van der Waals surface area contributed by atoms with E-state index in [2.05, 4.69) is 13.8 Å². The van der Waals surface area contributed by atoms with E-state index in [1.54, 1.807) is 0 Å². The van der Waals surface area contributed by atoms with E-state index in [1.165, 1.54) is 83.5 Å². The molecule has 26 heavy (non-hydrogen) atoms. The maximum atomic E-state index is 11.8. The van der Waals surface area contributed by atoms with E-state index in [0.29, 0.717) is 12.8 Å². The van der Waals surface area contributed by atoms with Crippen molar-refractivity contribution in [2.75, 3.05) is 14.1 Å². The van der Waals surface area contributed by atoms with Gasteiger partial charge in [0.1, 0.15) is 0 Å². The van der Waals surface area contributed by atoms with Crippen LogP contribution in [0.5, 0.6) is 0 Å². The van der Waals surface area contributed by atoms with Gasteiger partial charge in [-0.25, -0.2) is 0 Å². The molecule has 0 saturated heterocycles. The Labute approximate surface area is 164 Å². The first kappa shape index (κ1) is 25.4. The molecule has 0 spiro atoms. The fraction of sp³-hybridized carbons (Fsp3) is 0.913.